The molecule has 0 saturated heterocycles. The molecule has 0 radical (unpaired) electrons. The lowest BCUT2D eigenvalue weighted by molar-refractivity contribution is 0.217. The second-order valence-corrected chi connectivity index (χ2v) is 7.00. The van der Waals surface area contributed by atoms with Crippen molar-refractivity contribution in [3.8, 4) is 5.75 Å². The number of benzene rings is 2. The molecule has 1 heterocycles. The van der Waals surface area contributed by atoms with Crippen molar-refractivity contribution in [2.24, 2.45) is 5.73 Å². The molecule has 108 valence electrons. The molecular formula is C17H16BrNOS. The molecule has 2 N–H and O–H groups in total. The van der Waals surface area contributed by atoms with Crippen LogP contribution in [-0.2, 0) is 0 Å². The van der Waals surface area contributed by atoms with Gasteiger partial charge in [0.05, 0.1) is 4.47 Å². The predicted molar refractivity (Wildman–Crippen MR) is 93.1 cm³/mol. The first-order chi connectivity index (χ1) is 10.2. The Kier molecular flexibility index (Phi) is 4.29. The van der Waals surface area contributed by atoms with Gasteiger partial charge in [-0.3, -0.25) is 0 Å². The summed E-state index contributed by atoms with van der Waals surface area (Å²) < 4.78 is 7.12. The molecule has 2 nitrogen and oxygen atoms in total. The molecule has 1 atom stereocenters. The normalized spacial score (nSPS) is 12.5. The zero-order valence-electron chi connectivity index (χ0n) is 11.7. The molecule has 0 aliphatic carbocycles. The van der Waals surface area contributed by atoms with Crippen molar-refractivity contribution in [3.63, 3.8) is 0 Å². The van der Waals surface area contributed by atoms with Crippen molar-refractivity contribution < 1.29 is 4.74 Å². The lowest BCUT2D eigenvalue weighted by atomic mass is 10.1. The van der Waals surface area contributed by atoms with Crippen LogP contribution in [0.25, 0.3) is 10.8 Å². The highest BCUT2D eigenvalue weighted by atomic mass is 79.9. The largest absolute Gasteiger partial charge is 0.482 e. The lowest BCUT2D eigenvalue weighted by Gasteiger charge is -2.18. The fourth-order valence-corrected chi connectivity index (χ4v) is 3.81. The zero-order chi connectivity index (χ0) is 14.8. The van der Waals surface area contributed by atoms with Crippen LogP contribution < -0.4 is 10.5 Å². The van der Waals surface area contributed by atoms with Gasteiger partial charge < -0.3 is 10.5 Å². The Morgan fingerprint density at radius 2 is 1.95 bits per heavy atom. The molecule has 4 heteroatoms. The van der Waals surface area contributed by atoms with E-state index in [2.05, 4.69) is 53.2 Å². The van der Waals surface area contributed by atoms with E-state index >= 15 is 0 Å². The Morgan fingerprint density at radius 1 is 1.14 bits per heavy atom. The molecule has 2 aromatic carbocycles. The average molecular weight is 362 g/mol. The minimum Gasteiger partial charge on any atom is -0.482 e. The van der Waals surface area contributed by atoms with E-state index in [1.54, 1.807) is 11.3 Å². The Morgan fingerprint density at radius 3 is 2.67 bits per heavy atom. The number of aryl methyl sites for hydroxylation is 1. The van der Waals surface area contributed by atoms with E-state index in [9.17, 15) is 0 Å². The highest BCUT2D eigenvalue weighted by Gasteiger charge is 2.16. The first kappa shape index (κ1) is 14.6. The van der Waals surface area contributed by atoms with Crippen molar-refractivity contribution in [1.82, 2.24) is 0 Å². The number of rotatable bonds is 4. The summed E-state index contributed by atoms with van der Waals surface area (Å²) in [5.41, 5.74) is 5.89. The third-order valence-electron chi connectivity index (χ3n) is 3.39. The Labute approximate surface area is 136 Å². The van der Waals surface area contributed by atoms with Gasteiger partial charge in [0, 0.05) is 16.3 Å². The highest BCUT2D eigenvalue weighted by Crippen LogP contribution is 2.36. The van der Waals surface area contributed by atoms with E-state index in [0.717, 1.165) is 20.5 Å². The first-order valence-electron chi connectivity index (χ1n) is 6.79. The van der Waals surface area contributed by atoms with Gasteiger partial charge in [-0.2, -0.15) is 0 Å². The number of halogens is 1. The quantitative estimate of drug-likeness (QED) is 0.705. The summed E-state index contributed by atoms with van der Waals surface area (Å²) >= 11 is 5.38. The minimum absolute atomic E-state index is 0.110. The van der Waals surface area contributed by atoms with Crippen molar-refractivity contribution in [1.29, 1.82) is 0 Å². The lowest BCUT2D eigenvalue weighted by Crippen LogP contribution is -2.17. The van der Waals surface area contributed by atoms with E-state index < -0.39 is 0 Å². The molecular weight excluding hydrogens is 346 g/mol. The zero-order valence-corrected chi connectivity index (χ0v) is 14.1. The van der Waals surface area contributed by atoms with Gasteiger partial charge >= 0.3 is 0 Å². The number of thiophene rings is 1. The van der Waals surface area contributed by atoms with Gasteiger partial charge in [-0.15, -0.1) is 11.3 Å². The van der Waals surface area contributed by atoms with Crippen LogP contribution in [0.15, 0.2) is 53.0 Å². The fourth-order valence-electron chi connectivity index (χ4n) is 2.31. The summed E-state index contributed by atoms with van der Waals surface area (Å²) in [7, 11) is 0. The van der Waals surface area contributed by atoms with Gasteiger partial charge in [0.15, 0.2) is 0 Å². The number of nitrogens with two attached hydrogens (primary N) is 1. The molecule has 0 saturated carbocycles. The van der Waals surface area contributed by atoms with E-state index in [-0.39, 0.29) is 6.10 Å². The summed E-state index contributed by atoms with van der Waals surface area (Å²) in [5.74, 6) is 0.829. The SMILES string of the molecule is Cc1ccc(C(CN)Oc2ccc3ccccc3c2Br)s1. The highest BCUT2D eigenvalue weighted by molar-refractivity contribution is 9.10. The topological polar surface area (TPSA) is 35.2 Å². The summed E-state index contributed by atoms with van der Waals surface area (Å²) in [6.45, 7) is 2.55. The molecule has 1 unspecified atom stereocenters. The molecule has 0 aliphatic heterocycles. The Hall–Kier alpha value is -1.36. The summed E-state index contributed by atoms with van der Waals surface area (Å²) in [6, 6.07) is 16.5. The third-order valence-corrected chi connectivity index (χ3v) is 5.30. The molecule has 0 spiro atoms. The molecule has 21 heavy (non-hydrogen) atoms. The van der Waals surface area contributed by atoms with Crippen LogP contribution in [0, 0.1) is 6.92 Å². The number of hydrogen-bond donors (Lipinski definition) is 1. The van der Waals surface area contributed by atoms with Gasteiger partial charge in [-0.1, -0.05) is 30.3 Å². The maximum Gasteiger partial charge on any atom is 0.145 e. The average Bonchev–Trinajstić information content (AvgIpc) is 2.93. The minimum atomic E-state index is -0.110. The molecule has 3 rings (SSSR count). The molecule has 0 aliphatic rings. The van der Waals surface area contributed by atoms with Gasteiger partial charge in [0.25, 0.3) is 0 Å². The van der Waals surface area contributed by atoms with E-state index in [0.29, 0.717) is 6.54 Å². The molecule has 1 aromatic heterocycles. The second-order valence-electron chi connectivity index (χ2n) is 4.89. The van der Waals surface area contributed by atoms with Gasteiger partial charge in [0.2, 0.25) is 0 Å². The monoisotopic (exact) mass is 361 g/mol. The van der Waals surface area contributed by atoms with Crippen LogP contribution in [-0.4, -0.2) is 6.54 Å². The van der Waals surface area contributed by atoms with Crippen molar-refractivity contribution in [3.05, 3.63) is 62.8 Å². The van der Waals surface area contributed by atoms with Crippen LogP contribution in [0.5, 0.6) is 5.75 Å². The number of hydrogen-bond acceptors (Lipinski definition) is 3. The van der Waals surface area contributed by atoms with Crippen LogP contribution in [0.4, 0.5) is 0 Å². The van der Waals surface area contributed by atoms with Crippen LogP contribution >= 0.6 is 27.3 Å². The van der Waals surface area contributed by atoms with Crippen molar-refractivity contribution in [2.75, 3.05) is 6.54 Å². The van der Waals surface area contributed by atoms with E-state index in [1.807, 2.05) is 18.2 Å². The maximum atomic E-state index is 6.14. The molecule has 0 bridgehead atoms. The molecule has 0 amide bonds. The molecule has 3 aromatic rings. The smallest absolute Gasteiger partial charge is 0.145 e. The Balaban J connectivity index is 1.95. The predicted octanol–water partition coefficient (Wildman–Crippen LogP) is 5.05. The maximum absolute atomic E-state index is 6.14. The van der Waals surface area contributed by atoms with Crippen molar-refractivity contribution in [2.45, 2.75) is 13.0 Å². The van der Waals surface area contributed by atoms with Crippen LogP contribution in [0.1, 0.15) is 15.9 Å². The van der Waals surface area contributed by atoms with E-state index in [4.69, 9.17) is 10.5 Å². The van der Waals surface area contributed by atoms with Gasteiger partial charge in [0.1, 0.15) is 11.9 Å². The Bertz CT molecular complexity index is 768. The number of ether oxygens (including phenoxy) is 1. The van der Waals surface area contributed by atoms with Gasteiger partial charge in [-0.05, 0) is 51.8 Å². The van der Waals surface area contributed by atoms with Crippen LogP contribution in [0.3, 0.4) is 0 Å². The number of fused-ring (bicyclic) bond motifs is 1. The molecule has 0 fully saturated rings. The van der Waals surface area contributed by atoms with Gasteiger partial charge in [-0.25, -0.2) is 0 Å². The van der Waals surface area contributed by atoms with Crippen LogP contribution in [0.2, 0.25) is 0 Å². The first-order valence-corrected chi connectivity index (χ1v) is 8.40. The summed E-state index contributed by atoms with van der Waals surface area (Å²) in [4.78, 5) is 2.43. The second kappa shape index (κ2) is 6.18. The summed E-state index contributed by atoms with van der Waals surface area (Å²) in [5, 5.41) is 2.33. The van der Waals surface area contributed by atoms with E-state index in [1.165, 1.54) is 10.3 Å². The third kappa shape index (κ3) is 2.98. The standard InChI is InChI=1S/C17H16BrNOS/c1-11-6-9-16(21-11)15(10-19)20-14-8-7-12-4-2-3-5-13(12)17(14)18/h2-9,15H,10,19H2,1H3. The fraction of sp³-hybridized carbons (Fsp3) is 0.176. The van der Waals surface area contributed by atoms with Crippen molar-refractivity contribution >= 4 is 38.0 Å². The summed E-state index contributed by atoms with van der Waals surface area (Å²) in [6.07, 6.45) is -0.110.